The molecule has 0 spiro atoms. The van der Waals surface area contributed by atoms with Gasteiger partial charge >= 0.3 is 0 Å². The second-order valence-electron chi connectivity index (χ2n) is 5.39. The van der Waals surface area contributed by atoms with Crippen LogP contribution in [0.3, 0.4) is 0 Å². The highest BCUT2D eigenvalue weighted by Gasteiger charge is 2.15. The normalized spacial score (nSPS) is 12.0. The molecule has 0 saturated carbocycles. The van der Waals surface area contributed by atoms with Crippen LogP contribution in [0.25, 0.3) is 0 Å². The fourth-order valence-electron chi connectivity index (χ4n) is 1.40. The molecule has 0 rings (SSSR count). The molecule has 0 aliphatic rings. The topological polar surface area (TPSA) is 54.9 Å². The first-order chi connectivity index (χ1) is 10.1. The van der Waals surface area contributed by atoms with Gasteiger partial charge in [-0.25, -0.2) is 0 Å². The fourth-order valence-corrected chi connectivity index (χ4v) is 1.62. The summed E-state index contributed by atoms with van der Waals surface area (Å²) < 4.78 is 11.1. The van der Waals surface area contributed by atoms with Crippen LogP contribution < -0.4 is 10.6 Å². The third-order valence-corrected chi connectivity index (χ3v) is 4.26. The number of nitrogens with zero attached hydrogens (tertiary/aromatic N) is 1. The second kappa shape index (κ2) is 16.1. The minimum absolute atomic E-state index is 0. The molecule has 0 heterocycles. The van der Waals surface area contributed by atoms with Crippen LogP contribution in [-0.2, 0) is 9.47 Å². The van der Waals surface area contributed by atoms with Gasteiger partial charge in [-0.05, 0) is 26.5 Å². The van der Waals surface area contributed by atoms with Gasteiger partial charge in [0.2, 0.25) is 0 Å². The summed E-state index contributed by atoms with van der Waals surface area (Å²) >= 11 is 1.84. The van der Waals surface area contributed by atoms with E-state index in [1.165, 1.54) is 6.42 Å². The van der Waals surface area contributed by atoms with Crippen LogP contribution in [0.1, 0.15) is 33.6 Å². The Labute approximate surface area is 157 Å². The molecule has 134 valence electrons. The lowest BCUT2D eigenvalue weighted by Gasteiger charge is -2.23. The van der Waals surface area contributed by atoms with E-state index in [2.05, 4.69) is 42.7 Å². The number of nitrogens with one attached hydrogen (secondary N) is 2. The molecule has 0 radical (unpaired) electrons. The van der Waals surface area contributed by atoms with Crippen molar-refractivity contribution in [2.75, 3.05) is 52.8 Å². The smallest absolute Gasteiger partial charge is 0.191 e. The Morgan fingerprint density at radius 3 is 2.27 bits per heavy atom. The van der Waals surface area contributed by atoms with Gasteiger partial charge in [0.25, 0.3) is 0 Å². The van der Waals surface area contributed by atoms with Gasteiger partial charge in [0.05, 0.1) is 19.8 Å². The lowest BCUT2D eigenvalue weighted by Crippen LogP contribution is -2.44. The zero-order valence-corrected chi connectivity index (χ0v) is 17.9. The molecule has 0 aliphatic heterocycles. The maximum atomic E-state index is 5.50. The molecule has 0 aromatic rings. The van der Waals surface area contributed by atoms with Crippen molar-refractivity contribution >= 4 is 41.7 Å². The molecule has 0 aliphatic carbocycles. The van der Waals surface area contributed by atoms with Crippen molar-refractivity contribution in [3.05, 3.63) is 0 Å². The summed E-state index contributed by atoms with van der Waals surface area (Å²) in [6, 6.07) is 0. The Morgan fingerprint density at radius 2 is 1.73 bits per heavy atom. The Balaban J connectivity index is 0. The summed E-state index contributed by atoms with van der Waals surface area (Å²) in [5, 5.41) is 6.56. The van der Waals surface area contributed by atoms with E-state index >= 15 is 0 Å². The van der Waals surface area contributed by atoms with Crippen LogP contribution in [0.15, 0.2) is 4.99 Å². The third kappa shape index (κ3) is 15.2. The van der Waals surface area contributed by atoms with Gasteiger partial charge in [-0.2, -0.15) is 11.8 Å². The molecule has 7 heteroatoms. The lowest BCUT2D eigenvalue weighted by atomic mass is 10.2. The molecule has 0 unspecified atom stereocenters. The monoisotopic (exact) mass is 447 g/mol. The second-order valence-corrected chi connectivity index (χ2v) is 6.91. The molecule has 0 amide bonds. The van der Waals surface area contributed by atoms with Crippen molar-refractivity contribution in [3.63, 3.8) is 0 Å². The standard InChI is InChI=1S/C15H33N3O2S.HI/c1-6-7-9-19-11-12-20-10-8-17-14(16-4)18-13-15(2,3)21-5;/h6-13H2,1-5H3,(H2,16,17,18);1H. The first-order valence-corrected chi connectivity index (χ1v) is 8.93. The first kappa shape index (κ1) is 24.5. The molecular weight excluding hydrogens is 413 g/mol. The van der Waals surface area contributed by atoms with Crippen molar-refractivity contribution in [2.24, 2.45) is 4.99 Å². The molecule has 5 nitrogen and oxygen atoms in total. The first-order valence-electron chi connectivity index (χ1n) is 7.71. The molecule has 0 saturated heterocycles. The van der Waals surface area contributed by atoms with E-state index in [-0.39, 0.29) is 28.7 Å². The number of rotatable bonds is 12. The quantitative estimate of drug-likeness (QED) is 0.209. The summed E-state index contributed by atoms with van der Waals surface area (Å²) in [4.78, 5) is 4.20. The third-order valence-electron chi connectivity index (χ3n) is 3.01. The van der Waals surface area contributed by atoms with Crippen LogP contribution in [0.4, 0.5) is 0 Å². The summed E-state index contributed by atoms with van der Waals surface area (Å²) in [5.41, 5.74) is 0. The van der Waals surface area contributed by atoms with Crippen molar-refractivity contribution in [1.82, 2.24) is 10.6 Å². The Kier molecular flexibility index (Phi) is 18.0. The highest BCUT2D eigenvalue weighted by atomic mass is 127. The van der Waals surface area contributed by atoms with Gasteiger partial charge in [0.1, 0.15) is 0 Å². The zero-order valence-electron chi connectivity index (χ0n) is 14.7. The van der Waals surface area contributed by atoms with Crippen LogP contribution >= 0.6 is 35.7 Å². The van der Waals surface area contributed by atoms with Crippen LogP contribution in [0.5, 0.6) is 0 Å². The Hall–Kier alpha value is 0.270. The predicted molar refractivity (Wildman–Crippen MR) is 109 cm³/mol. The Bertz CT molecular complexity index is 280. The Morgan fingerprint density at radius 1 is 1.09 bits per heavy atom. The number of thioether (sulfide) groups is 1. The van der Waals surface area contributed by atoms with E-state index in [4.69, 9.17) is 9.47 Å². The summed E-state index contributed by atoms with van der Waals surface area (Å²) in [7, 11) is 1.78. The van der Waals surface area contributed by atoms with Gasteiger partial charge in [0, 0.05) is 31.5 Å². The number of hydrogen-bond acceptors (Lipinski definition) is 4. The van der Waals surface area contributed by atoms with Gasteiger partial charge < -0.3 is 20.1 Å². The molecule has 0 atom stereocenters. The maximum absolute atomic E-state index is 5.50. The van der Waals surface area contributed by atoms with Gasteiger partial charge in [-0.1, -0.05) is 13.3 Å². The summed E-state index contributed by atoms with van der Waals surface area (Å²) in [6.07, 6.45) is 4.41. The minimum atomic E-state index is 0. The lowest BCUT2D eigenvalue weighted by molar-refractivity contribution is 0.0487. The highest BCUT2D eigenvalue weighted by Crippen LogP contribution is 2.19. The largest absolute Gasteiger partial charge is 0.379 e. The van der Waals surface area contributed by atoms with Crippen molar-refractivity contribution in [3.8, 4) is 0 Å². The summed E-state index contributed by atoms with van der Waals surface area (Å²) in [5.74, 6) is 0.819. The molecule has 0 bridgehead atoms. The number of hydrogen-bond donors (Lipinski definition) is 2. The number of aliphatic imine (C=N–C) groups is 1. The van der Waals surface area contributed by atoms with E-state index in [0.717, 1.165) is 32.1 Å². The van der Waals surface area contributed by atoms with Gasteiger partial charge in [0.15, 0.2) is 5.96 Å². The average molecular weight is 447 g/mol. The highest BCUT2D eigenvalue weighted by molar-refractivity contribution is 14.0. The van der Waals surface area contributed by atoms with Crippen molar-refractivity contribution < 1.29 is 9.47 Å². The maximum Gasteiger partial charge on any atom is 0.191 e. The SMILES string of the molecule is CCCCOCCOCCNC(=NC)NCC(C)(C)SC.I. The van der Waals surface area contributed by atoms with E-state index in [1.807, 2.05) is 11.8 Å². The van der Waals surface area contributed by atoms with E-state index < -0.39 is 0 Å². The zero-order chi connectivity index (χ0) is 16.0. The molecule has 22 heavy (non-hydrogen) atoms. The van der Waals surface area contributed by atoms with E-state index in [1.54, 1.807) is 7.05 Å². The number of halogens is 1. The van der Waals surface area contributed by atoms with Crippen LogP contribution in [-0.4, -0.2) is 63.5 Å². The molecular formula is C15H34IN3O2S. The molecule has 0 aromatic carbocycles. The van der Waals surface area contributed by atoms with Crippen LogP contribution in [0, 0.1) is 0 Å². The number of ether oxygens (including phenoxy) is 2. The molecule has 0 aromatic heterocycles. The van der Waals surface area contributed by atoms with E-state index in [9.17, 15) is 0 Å². The minimum Gasteiger partial charge on any atom is -0.379 e. The molecule has 0 fully saturated rings. The predicted octanol–water partition coefficient (Wildman–Crippen LogP) is 2.74. The fraction of sp³-hybridized carbons (Fsp3) is 0.933. The van der Waals surface area contributed by atoms with Gasteiger partial charge in [-0.15, -0.1) is 24.0 Å². The van der Waals surface area contributed by atoms with Gasteiger partial charge in [-0.3, -0.25) is 4.99 Å². The van der Waals surface area contributed by atoms with Crippen molar-refractivity contribution in [1.29, 1.82) is 0 Å². The van der Waals surface area contributed by atoms with Crippen LogP contribution in [0.2, 0.25) is 0 Å². The summed E-state index contributed by atoms with van der Waals surface area (Å²) in [6.45, 7) is 11.0. The average Bonchev–Trinajstić information content (AvgIpc) is 2.48. The number of guanidine groups is 1. The van der Waals surface area contributed by atoms with E-state index in [0.29, 0.717) is 19.8 Å². The number of unbranched alkanes of at least 4 members (excludes halogenated alkanes) is 1. The van der Waals surface area contributed by atoms with Crippen molar-refractivity contribution in [2.45, 2.75) is 38.4 Å². The molecule has 2 N–H and O–H groups in total.